The van der Waals surface area contributed by atoms with E-state index < -0.39 is 12.1 Å². The number of benzene rings is 1. The lowest BCUT2D eigenvalue weighted by atomic mass is 10.1. The summed E-state index contributed by atoms with van der Waals surface area (Å²) in [6.45, 7) is 0.219. The molecule has 2 aromatic rings. The minimum atomic E-state index is -0.926. The Morgan fingerprint density at radius 2 is 2.09 bits per heavy atom. The summed E-state index contributed by atoms with van der Waals surface area (Å²) in [5.41, 5.74) is 1.83. The fourth-order valence-electron chi connectivity index (χ4n) is 2.53. The number of amides is 1. The van der Waals surface area contributed by atoms with Gasteiger partial charge in [-0.2, -0.15) is 0 Å². The molecule has 1 amide bonds. The maximum absolute atomic E-state index is 11.9. The molecule has 22 heavy (non-hydrogen) atoms. The number of carbonyl (C=O) groups excluding carboxylic acids is 1. The molecule has 0 saturated heterocycles. The van der Waals surface area contributed by atoms with Crippen LogP contribution in [-0.2, 0) is 17.8 Å². The van der Waals surface area contributed by atoms with Crippen LogP contribution in [0.3, 0.4) is 0 Å². The minimum absolute atomic E-state index is 0.164. The van der Waals surface area contributed by atoms with Crippen LogP contribution in [0.4, 0.5) is 4.79 Å². The van der Waals surface area contributed by atoms with Gasteiger partial charge in [-0.25, -0.2) is 9.59 Å². The minimum Gasteiger partial charge on any atom is -0.477 e. The summed E-state index contributed by atoms with van der Waals surface area (Å²) in [5, 5.41) is 11.8. The van der Waals surface area contributed by atoms with Gasteiger partial charge in [-0.05, 0) is 30.0 Å². The first kappa shape index (κ1) is 14.6. The lowest BCUT2D eigenvalue weighted by Gasteiger charge is -2.13. The van der Waals surface area contributed by atoms with Crippen LogP contribution in [0.1, 0.15) is 38.1 Å². The number of alkyl carbamates (subject to hydrolysis) is 1. The number of nitrogens with one attached hydrogen (secondary N) is 1. The van der Waals surface area contributed by atoms with Gasteiger partial charge in [-0.1, -0.05) is 30.3 Å². The maximum atomic E-state index is 11.9. The zero-order chi connectivity index (χ0) is 15.5. The summed E-state index contributed by atoms with van der Waals surface area (Å²) < 4.78 is 5.20. The van der Waals surface area contributed by atoms with E-state index in [0.29, 0.717) is 4.88 Å². The first-order chi connectivity index (χ1) is 10.6. The first-order valence-corrected chi connectivity index (χ1v) is 7.78. The number of ether oxygens (including phenoxy) is 1. The van der Waals surface area contributed by atoms with Crippen LogP contribution in [0, 0.1) is 0 Å². The van der Waals surface area contributed by atoms with Gasteiger partial charge < -0.3 is 15.2 Å². The Morgan fingerprint density at radius 1 is 1.32 bits per heavy atom. The Labute approximate surface area is 131 Å². The Balaban J connectivity index is 1.58. The van der Waals surface area contributed by atoms with E-state index in [9.17, 15) is 9.59 Å². The fraction of sp³-hybridized carbons (Fsp3) is 0.250. The van der Waals surface area contributed by atoms with Crippen LogP contribution in [0.2, 0.25) is 0 Å². The molecule has 1 aliphatic rings. The second kappa shape index (κ2) is 6.19. The van der Waals surface area contributed by atoms with Gasteiger partial charge in [0.2, 0.25) is 0 Å². The number of fused-ring (bicyclic) bond motifs is 1. The number of carbonyl (C=O) groups is 2. The molecule has 3 rings (SSSR count). The molecule has 0 fully saturated rings. The summed E-state index contributed by atoms with van der Waals surface area (Å²) in [6, 6.07) is 10.9. The quantitative estimate of drug-likeness (QED) is 0.906. The fourth-order valence-corrected chi connectivity index (χ4v) is 3.60. The van der Waals surface area contributed by atoms with Crippen molar-refractivity contribution in [2.24, 2.45) is 0 Å². The van der Waals surface area contributed by atoms with Crippen molar-refractivity contribution in [2.75, 3.05) is 0 Å². The van der Waals surface area contributed by atoms with Crippen molar-refractivity contribution in [1.29, 1.82) is 0 Å². The highest BCUT2D eigenvalue weighted by Gasteiger charge is 2.28. The van der Waals surface area contributed by atoms with Gasteiger partial charge in [0.15, 0.2) is 0 Å². The summed E-state index contributed by atoms with van der Waals surface area (Å²) in [5.74, 6) is -0.926. The molecule has 1 aromatic carbocycles. The third-order valence-corrected chi connectivity index (χ3v) is 4.79. The lowest BCUT2D eigenvalue weighted by molar-refractivity contribution is 0.0702. The van der Waals surface area contributed by atoms with Gasteiger partial charge in [0.1, 0.15) is 11.5 Å². The third-order valence-electron chi connectivity index (χ3n) is 3.59. The van der Waals surface area contributed by atoms with Crippen LogP contribution >= 0.6 is 11.3 Å². The highest BCUT2D eigenvalue weighted by Crippen LogP contribution is 2.37. The van der Waals surface area contributed by atoms with Gasteiger partial charge in [0, 0.05) is 4.88 Å². The largest absolute Gasteiger partial charge is 0.477 e. The monoisotopic (exact) mass is 317 g/mol. The molecule has 0 spiro atoms. The molecule has 0 bridgehead atoms. The van der Waals surface area contributed by atoms with Gasteiger partial charge >= 0.3 is 12.1 Å². The maximum Gasteiger partial charge on any atom is 0.407 e. The van der Waals surface area contributed by atoms with Crippen LogP contribution in [-0.4, -0.2) is 17.2 Å². The van der Waals surface area contributed by atoms with Crippen molar-refractivity contribution in [3.8, 4) is 0 Å². The SMILES string of the molecule is O=C(NC1CCc2sc(C(=O)O)cc21)OCc1ccccc1. The molecule has 1 unspecified atom stereocenters. The van der Waals surface area contributed by atoms with Crippen molar-refractivity contribution < 1.29 is 19.4 Å². The molecule has 6 heteroatoms. The summed E-state index contributed by atoms with van der Waals surface area (Å²) >= 11 is 1.28. The van der Waals surface area contributed by atoms with E-state index in [2.05, 4.69) is 5.32 Å². The molecular formula is C16H15NO4S. The van der Waals surface area contributed by atoms with Gasteiger partial charge in [-0.15, -0.1) is 11.3 Å². The highest BCUT2D eigenvalue weighted by atomic mass is 32.1. The number of hydrogen-bond donors (Lipinski definition) is 2. The Kier molecular flexibility index (Phi) is 4.11. The average Bonchev–Trinajstić information content (AvgIpc) is 3.08. The van der Waals surface area contributed by atoms with Crippen molar-refractivity contribution in [1.82, 2.24) is 5.32 Å². The summed E-state index contributed by atoms with van der Waals surface area (Å²) in [7, 11) is 0. The standard InChI is InChI=1S/C16H15NO4S/c18-15(19)14-8-11-12(6-7-13(11)22-14)17-16(20)21-9-10-4-2-1-3-5-10/h1-5,8,12H,6-7,9H2,(H,17,20)(H,18,19). The van der Waals surface area contributed by atoms with Crippen LogP contribution < -0.4 is 5.32 Å². The van der Waals surface area contributed by atoms with Crippen molar-refractivity contribution in [3.63, 3.8) is 0 Å². The van der Waals surface area contributed by atoms with E-state index in [0.717, 1.165) is 28.8 Å². The molecule has 1 atom stereocenters. The number of rotatable bonds is 4. The summed E-state index contributed by atoms with van der Waals surface area (Å²) in [6.07, 6.45) is 1.09. The van der Waals surface area contributed by atoms with E-state index in [1.807, 2.05) is 30.3 Å². The second-order valence-corrected chi connectivity index (χ2v) is 6.23. The van der Waals surface area contributed by atoms with Crippen molar-refractivity contribution >= 4 is 23.4 Å². The molecule has 1 aromatic heterocycles. The molecule has 5 nitrogen and oxygen atoms in total. The molecule has 1 heterocycles. The zero-order valence-corrected chi connectivity index (χ0v) is 12.6. The molecule has 114 valence electrons. The van der Waals surface area contributed by atoms with Crippen molar-refractivity contribution in [2.45, 2.75) is 25.5 Å². The molecule has 0 radical (unpaired) electrons. The number of thiophene rings is 1. The van der Waals surface area contributed by atoms with Crippen LogP contribution in [0.15, 0.2) is 36.4 Å². The number of aromatic carboxylic acids is 1. The van der Waals surface area contributed by atoms with Gasteiger partial charge in [0.25, 0.3) is 0 Å². The topological polar surface area (TPSA) is 75.6 Å². The van der Waals surface area contributed by atoms with E-state index in [1.165, 1.54) is 11.3 Å². The first-order valence-electron chi connectivity index (χ1n) is 6.96. The molecule has 2 N–H and O–H groups in total. The molecular weight excluding hydrogens is 302 g/mol. The number of carboxylic acid groups (broad SMARTS) is 1. The smallest absolute Gasteiger partial charge is 0.407 e. The van der Waals surface area contributed by atoms with E-state index in [1.54, 1.807) is 6.07 Å². The predicted molar refractivity (Wildman–Crippen MR) is 82.1 cm³/mol. The van der Waals surface area contributed by atoms with Crippen LogP contribution in [0.5, 0.6) is 0 Å². The number of aryl methyl sites for hydroxylation is 1. The van der Waals surface area contributed by atoms with Gasteiger partial charge in [-0.3, -0.25) is 0 Å². The molecule has 0 aliphatic heterocycles. The Bertz CT molecular complexity index is 695. The predicted octanol–water partition coefficient (Wildman–Crippen LogP) is 3.36. The van der Waals surface area contributed by atoms with E-state index >= 15 is 0 Å². The third kappa shape index (κ3) is 3.12. The highest BCUT2D eigenvalue weighted by molar-refractivity contribution is 7.14. The number of hydrogen-bond acceptors (Lipinski definition) is 4. The van der Waals surface area contributed by atoms with Crippen LogP contribution in [0.25, 0.3) is 0 Å². The summed E-state index contributed by atoms with van der Waals surface area (Å²) in [4.78, 5) is 24.2. The molecule has 0 saturated carbocycles. The van der Waals surface area contributed by atoms with Crippen molar-refractivity contribution in [3.05, 3.63) is 57.3 Å². The second-order valence-electron chi connectivity index (χ2n) is 5.09. The van der Waals surface area contributed by atoms with Gasteiger partial charge in [0.05, 0.1) is 6.04 Å². The molecule has 1 aliphatic carbocycles. The Morgan fingerprint density at radius 3 is 2.82 bits per heavy atom. The average molecular weight is 317 g/mol. The van der Waals surface area contributed by atoms with E-state index in [-0.39, 0.29) is 12.6 Å². The zero-order valence-electron chi connectivity index (χ0n) is 11.7. The van der Waals surface area contributed by atoms with E-state index in [4.69, 9.17) is 9.84 Å². The lowest BCUT2D eigenvalue weighted by Crippen LogP contribution is -2.27. The Hall–Kier alpha value is -2.34. The normalized spacial score (nSPS) is 16.1. The number of carboxylic acids is 1.